The third kappa shape index (κ3) is 62.7. The van der Waals surface area contributed by atoms with Crippen LogP contribution in [0, 0.1) is 0 Å². The van der Waals surface area contributed by atoms with Crippen LogP contribution in [-0.4, -0.2) is 112 Å². The summed E-state index contributed by atoms with van der Waals surface area (Å²) in [5.74, 6) is -5.86. The van der Waals surface area contributed by atoms with E-state index in [4.69, 9.17) is 60.7 Å². The summed E-state index contributed by atoms with van der Waals surface area (Å²) in [7, 11) is 0. The molecule has 0 saturated carbocycles. The SMILES string of the molecule is CC(=O)O.CC(=O)O.CCCCCCCCCCCCCCCCCC(=O)O.O=C(O)C(O)C(O)C(=O)O.OCC(O)CO. The zero-order valence-corrected chi connectivity index (χ0v) is 26.5. The largest absolute Gasteiger partial charge is 0.481 e. The van der Waals surface area contributed by atoms with Crippen molar-refractivity contribution >= 4 is 29.8 Å². The Hall–Kier alpha value is -2.85. The highest BCUT2D eigenvalue weighted by molar-refractivity contribution is 5.83. The predicted octanol–water partition coefficient (Wildman–Crippen LogP) is 2.72. The van der Waals surface area contributed by atoms with Crippen molar-refractivity contribution < 1.29 is 75.0 Å². The van der Waals surface area contributed by atoms with Crippen molar-refractivity contribution in [2.45, 2.75) is 142 Å². The number of hydrogen-bond acceptors (Lipinski definition) is 10. The molecule has 0 saturated heterocycles. The van der Waals surface area contributed by atoms with Crippen LogP contribution in [0.25, 0.3) is 0 Å². The fourth-order valence-electron chi connectivity index (χ4n) is 2.98. The molecule has 0 bridgehead atoms. The summed E-state index contributed by atoms with van der Waals surface area (Å²) in [6.07, 6.45) is 14.7. The second-order valence-corrected chi connectivity index (χ2v) is 9.72. The minimum Gasteiger partial charge on any atom is -0.481 e. The summed E-state index contributed by atoms with van der Waals surface area (Å²) in [5.41, 5.74) is 0. The molecule has 0 aromatic heterocycles. The van der Waals surface area contributed by atoms with Crippen LogP contribution in [0.3, 0.4) is 0 Å². The highest BCUT2D eigenvalue weighted by atomic mass is 16.4. The van der Waals surface area contributed by atoms with Crippen molar-refractivity contribution in [3.8, 4) is 0 Å². The molecule has 0 heterocycles. The van der Waals surface area contributed by atoms with Crippen molar-refractivity contribution in [3.05, 3.63) is 0 Å². The van der Waals surface area contributed by atoms with Crippen LogP contribution in [-0.2, 0) is 24.0 Å². The van der Waals surface area contributed by atoms with Gasteiger partial charge in [0.25, 0.3) is 11.9 Å². The summed E-state index contributed by atoms with van der Waals surface area (Å²) in [5, 5.41) is 79.9. The van der Waals surface area contributed by atoms with Crippen LogP contribution >= 0.6 is 0 Å². The highest BCUT2D eigenvalue weighted by Crippen LogP contribution is 2.13. The molecule has 0 rings (SSSR count). The molecule has 264 valence electrons. The predicted molar refractivity (Wildman–Crippen MR) is 161 cm³/mol. The highest BCUT2D eigenvalue weighted by Gasteiger charge is 2.29. The topological polar surface area (TPSA) is 288 Å². The number of carboxylic acids is 5. The molecule has 15 nitrogen and oxygen atoms in total. The fraction of sp³-hybridized carbons (Fsp3) is 0.828. The standard InChI is InChI=1S/C18H36O2.C4H6O6.C3H8O3.2C2H4O2/c1-2-3-4-5-6-7-8-9-10-11-12-13-14-15-16-17-18(19)20;5-1(3(7)8)2(6)4(9)10;4-1-3(6)2-5;2*1-2(3)4/h2-17H2,1H3,(H,19,20);1-2,5-6H,(H,7,8)(H,9,10);3-6H,1-2H2;2*1H3,(H,3,4). The third-order valence-electron chi connectivity index (χ3n) is 5.22. The zero-order valence-electron chi connectivity index (χ0n) is 26.5. The first kappa shape index (κ1) is 50.8. The Kier molecular flexibility index (Phi) is 46.3. The van der Waals surface area contributed by atoms with Gasteiger partial charge in [0.2, 0.25) is 0 Å². The molecule has 0 spiro atoms. The molecule has 15 heteroatoms. The summed E-state index contributed by atoms with van der Waals surface area (Å²) >= 11 is 0. The van der Waals surface area contributed by atoms with Crippen molar-refractivity contribution in [2.24, 2.45) is 0 Å². The quantitative estimate of drug-likeness (QED) is 0.0802. The molecular weight excluding hydrogens is 588 g/mol. The maximum atomic E-state index is 10.3. The van der Waals surface area contributed by atoms with Crippen molar-refractivity contribution in [1.82, 2.24) is 0 Å². The maximum absolute atomic E-state index is 10.3. The van der Waals surface area contributed by atoms with Crippen LogP contribution in [0.5, 0.6) is 0 Å². The molecule has 0 aliphatic heterocycles. The van der Waals surface area contributed by atoms with Gasteiger partial charge < -0.3 is 51.1 Å². The van der Waals surface area contributed by atoms with Crippen LogP contribution in [0.4, 0.5) is 0 Å². The average Bonchev–Trinajstić information content (AvgIpc) is 2.93. The lowest BCUT2D eigenvalue weighted by atomic mass is 10.0. The summed E-state index contributed by atoms with van der Waals surface area (Å²) in [6.45, 7) is 3.71. The van der Waals surface area contributed by atoms with Gasteiger partial charge in [-0.3, -0.25) is 14.4 Å². The summed E-state index contributed by atoms with van der Waals surface area (Å²) < 4.78 is 0. The number of carbonyl (C=O) groups is 5. The van der Waals surface area contributed by atoms with Gasteiger partial charge >= 0.3 is 17.9 Å². The molecule has 0 aliphatic carbocycles. The van der Waals surface area contributed by atoms with Gasteiger partial charge in [-0.2, -0.15) is 0 Å². The number of rotatable bonds is 21. The van der Waals surface area contributed by atoms with Gasteiger partial charge in [0.1, 0.15) is 6.10 Å². The Morgan fingerprint density at radius 1 is 0.477 bits per heavy atom. The Morgan fingerprint density at radius 2 is 0.705 bits per heavy atom. The first-order chi connectivity index (χ1) is 20.5. The van der Waals surface area contributed by atoms with Gasteiger partial charge in [0, 0.05) is 20.3 Å². The molecule has 2 unspecified atom stereocenters. The second kappa shape index (κ2) is 40.1. The number of aliphatic carboxylic acids is 5. The van der Waals surface area contributed by atoms with Crippen molar-refractivity contribution in [3.63, 3.8) is 0 Å². The lowest BCUT2D eigenvalue weighted by Gasteiger charge is -2.07. The third-order valence-corrected chi connectivity index (χ3v) is 5.22. The minimum atomic E-state index is -2.27. The molecule has 2 atom stereocenters. The first-order valence-corrected chi connectivity index (χ1v) is 14.8. The van der Waals surface area contributed by atoms with Crippen LogP contribution in [0.2, 0.25) is 0 Å². The van der Waals surface area contributed by atoms with Gasteiger partial charge in [0.05, 0.1) is 13.2 Å². The van der Waals surface area contributed by atoms with Gasteiger partial charge in [0.15, 0.2) is 12.2 Å². The smallest absolute Gasteiger partial charge is 0.335 e. The van der Waals surface area contributed by atoms with E-state index in [1.807, 2.05) is 0 Å². The van der Waals surface area contributed by atoms with Crippen molar-refractivity contribution in [1.29, 1.82) is 0 Å². The lowest BCUT2D eigenvalue weighted by molar-refractivity contribution is -0.165. The Balaban J connectivity index is -0.000000174. The van der Waals surface area contributed by atoms with Crippen LogP contribution in [0.1, 0.15) is 124 Å². The minimum absolute atomic E-state index is 0.345. The number of aliphatic hydroxyl groups is 5. The Morgan fingerprint density at radius 3 is 0.864 bits per heavy atom. The first-order valence-electron chi connectivity index (χ1n) is 14.8. The number of hydrogen-bond donors (Lipinski definition) is 10. The number of aliphatic hydroxyl groups excluding tert-OH is 5. The average molecular weight is 647 g/mol. The molecule has 0 radical (unpaired) electrons. The van der Waals surface area contributed by atoms with Gasteiger partial charge in [-0.25, -0.2) is 9.59 Å². The van der Waals surface area contributed by atoms with Crippen LogP contribution in [0.15, 0.2) is 0 Å². The van der Waals surface area contributed by atoms with E-state index in [9.17, 15) is 14.4 Å². The van der Waals surface area contributed by atoms with Crippen molar-refractivity contribution in [2.75, 3.05) is 13.2 Å². The molecule has 0 aromatic carbocycles. The van der Waals surface area contributed by atoms with Gasteiger partial charge in [-0.05, 0) is 6.42 Å². The monoisotopic (exact) mass is 646 g/mol. The molecule has 0 fully saturated rings. The molecule has 0 aromatic rings. The van der Waals surface area contributed by atoms with Gasteiger partial charge in [-0.15, -0.1) is 0 Å². The number of carboxylic acid groups (broad SMARTS) is 5. The molecule has 0 amide bonds. The Labute approximate surface area is 260 Å². The van der Waals surface area contributed by atoms with E-state index in [-0.39, 0.29) is 13.2 Å². The maximum Gasteiger partial charge on any atom is 0.335 e. The van der Waals surface area contributed by atoms with E-state index >= 15 is 0 Å². The normalized spacial score (nSPS) is 11.0. The zero-order chi connectivity index (χ0) is 35.3. The van der Waals surface area contributed by atoms with E-state index in [1.54, 1.807) is 0 Å². The summed E-state index contributed by atoms with van der Waals surface area (Å²) in [4.78, 5) is 47.9. The molecular formula is C29H58O15. The van der Waals surface area contributed by atoms with E-state index in [0.29, 0.717) is 6.42 Å². The van der Waals surface area contributed by atoms with E-state index in [1.165, 1.54) is 83.5 Å². The fourth-order valence-corrected chi connectivity index (χ4v) is 2.98. The Bertz CT molecular complexity index is 644. The molecule has 10 N–H and O–H groups in total. The van der Waals surface area contributed by atoms with E-state index in [0.717, 1.165) is 26.7 Å². The summed E-state index contributed by atoms with van der Waals surface area (Å²) in [6, 6.07) is 0. The number of unbranched alkanes of at least 4 members (excludes halogenated alkanes) is 14. The van der Waals surface area contributed by atoms with E-state index < -0.39 is 48.2 Å². The van der Waals surface area contributed by atoms with Crippen LogP contribution < -0.4 is 0 Å². The van der Waals surface area contributed by atoms with E-state index in [2.05, 4.69) is 6.92 Å². The molecule has 0 aliphatic rings. The second-order valence-electron chi connectivity index (χ2n) is 9.72. The molecule has 44 heavy (non-hydrogen) atoms. The lowest BCUT2D eigenvalue weighted by Crippen LogP contribution is -2.39. The van der Waals surface area contributed by atoms with Gasteiger partial charge in [-0.1, -0.05) is 96.8 Å².